The smallest absolute Gasteiger partial charge is 0.318 e. The molecule has 22 heavy (non-hydrogen) atoms. The molecule has 10 heteroatoms. The largest absolute Gasteiger partial charge is 0.464 e. The van der Waals surface area contributed by atoms with E-state index >= 15 is 0 Å². The van der Waals surface area contributed by atoms with Crippen LogP contribution < -0.4 is 0 Å². The predicted molar refractivity (Wildman–Crippen MR) is 117 cm³/mol. The van der Waals surface area contributed by atoms with Gasteiger partial charge < -0.3 is 9.47 Å². The zero-order chi connectivity index (χ0) is 17.0. The summed E-state index contributed by atoms with van der Waals surface area (Å²) in [6, 6.07) is 0. The number of hydrogen-bond acceptors (Lipinski definition) is 5. The van der Waals surface area contributed by atoms with Crippen LogP contribution in [0.1, 0.15) is 6.42 Å². The van der Waals surface area contributed by atoms with Gasteiger partial charge in [0.15, 0.2) is 0 Å². The number of hydroxylamine groups is 2. The summed E-state index contributed by atoms with van der Waals surface area (Å²) < 4.78 is 12.2. The van der Waals surface area contributed by atoms with Gasteiger partial charge >= 0.3 is 11.9 Å². The topological polar surface area (TPSA) is 75.7 Å². The fourth-order valence-electron chi connectivity index (χ4n) is 1.20. The molecule has 6 nitrogen and oxygen atoms in total. The highest BCUT2D eigenvalue weighted by molar-refractivity contribution is 14.1. The quantitative estimate of drug-likeness (QED) is 0.133. The molecule has 0 spiro atoms. The number of hydrogen-bond donors (Lipinski definition) is 0. The lowest BCUT2D eigenvalue weighted by Gasteiger charge is -2.15. The second-order valence-corrected chi connectivity index (χ2v) is 8.56. The van der Waals surface area contributed by atoms with Crippen molar-refractivity contribution in [2.45, 2.75) is 10.3 Å². The fourth-order valence-corrected chi connectivity index (χ4v) is 6.04. The average Bonchev–Trinajstić information content (AvgIpc) is 2.48. The monoisotopic (exact) mass is 764 g/mol. The maximum atomic E-state index is 11.6. The molecule has 0 heterocycles. The molecule has 1 atom stereocenters. The molecule has 0 amide bonds. The predicted octanol–water partition coefficient (Wildman–Crippen LogP) is 2.84. The van der Waals surface area contributed by atoms with Crippen LogP contribution in [-0.4, -0.2) is 60.5 Å². The van der Waals surface area contributed by atoms with Gasteiger partial charge in [0.2, 0.25) is 0 Å². The average molecular weight is 764 g/mol. The van der Waals surface area contributed by atoms with Crippen molar-refractivity contribution in [3.05, 3.63) is 0 Å². The van der Waals surface area contributed by atoms with Gasteiger partial charge in [-0.25, -0.2) is 0 Å². The Bertz CT molecular complexity index is 331. The summed E-state index contributed by atoms with van der Waals surface area (Å²) in [5.74, 6) is -0.681. The van der Waals surface area contributed by atoms with E-state index in [2.05, 4.69) is 67.8 Å². The second kappa shape index (κ2) is 15.1. The van der Waals surface area contributed by atoms with Crippen LogP contribution in [0.15, 0.2) is 0 Å². The molecule has 1 radical (unpaired) electrons. The molecule has 0 aliphatic heterocycles. The van der Waals surface area contributed by atoms with Crippen LogP contribution >= 0.6 is 90.4 Å². The Hall–Kier alpha value is 1.78. The van der Waals surface area contributed by atoms with E-state index in [0.717, 1.165) is 15.9 Å². The van der Waals surface area contributed by atoms with Crippen molar-refractivity contribution >= 4 is 102 Å². The third kappa shape index (κ3) is 11.4. The van der Waals surface area contributed by atoms with E-state index in [1.54, 1.807) is 0 Å². The van der Waals surface area contributed by atoms with Crippen LogP contribution in [0.4, 0.5) is 0 Å². The van der Waals surface area contributed by atoms with Gasteiger partial charge in [-0.2, -0.15) is 0 Å². The van der Waals surface area contributed by atoms with Crippen molar-refractivity contribution in [1.82, 2.24) is 5.06 Å². The van der Waals surface area contributed by atoms with Crippen LogP contribution in [0, 0.1) is 5.92 Å². The Morgan fingerprint density at radius 2 is 1.45 bits per heavy atom. The summed E-state index contributed by atoms with van der Waals surface area (Å²) in [7, 11) is 0. The minimum absolute atomic E-state index is 0.0567. The zero-order valence-electron chi connectivity index (χ0n) is 11.8. The van der Waals surface area contributed by atoms with E-state index in [1.807, 2.05) is 22.6 Å². The van der Waals surface area contributed by atoms with E-state index < -0.39 is 0 Å². The van der Waals surface area contributed by atoms with E-state index in [-0.39, 0.29) is 48.1 Å². The standard InChI is InChI=1S/C12H18I4NO5/c13-2-1-10(16)12(19)22-6-4-17(20)3-5-21-11(18)9(7-14)8-15/h9-10H,1-8H2. The summed E-state index contributed by atoms with van der Waals surface area (Å²) in [6.07, 6.45) is 0.756. The first-order valence-corrected chi connectivity index (χ1v) is 12.4. The number of halogens is 4. The molecule has 0 aliphatic rings. The molecular weight excluding hydrogens is 746 g/mol. The molecule has 129 valence electrons. The zero-order valence-corrected chi connectivity index (χ0v) is 20.4. The lowest BCUT2D eigenvalue weighted by atomic mass is 10.2. The molecule has 0 aromatic heterocycles. The van der Waals surface area contributed by atoms with Gasteiger partial charge in [0, 0.05) is 13.3 Å². The molecule has 0 aliphatic carbocycles. The Labute approximate surface area is 185 Å². The Morgan fingerprint density at radius 1 is 0.955 bits per heavy atom. The van der Waals surface area contributed by atoms with Gasteiger partial charge in [-0.3, -0.25) is 9.59 Å². The van der Waals surface area contributed by atoms with Crippen LogP contribution in [0.3, 0.4) is 0 Å². The lowest BCUT2D eigenvalue weighted by Crippen LogP contribution is -2.30. The van der Waals surface area contributed by atoms with Gasteiger partial charge in [0.05, 0.1) is 19.0 Å². The normalized spacial score (nSPS) is 12.5. The summed E-state index contributed by atoms with van der Waals surface area (Å²) in [5, 5.41) is 12.3. The molecule has 0 aromatic rings. The summed E-state index contributed by atoms with van der Waals surface area (Å²) in [6.45, 7) is 0.282. The van der Waals surface area contributed by atoms with Gasteiger partial charge in [-0.05, 0) is 6.42 Å². The SMILES string of the molecule is [O]N(CCOC(=O)C(I)CCI)CCOC(=O)C(CI)CI. The molecular formula is C12H18I4NO5. The Morgan fingerprint density at radius 3 is 1.91 bits per heavy atom. The van der Waals surface area contributed by atoms with Crippen molar-refractivity contribution in [3.63, 3.8) is 0 Å². The molecule has 0 saturated heterocycles. The molecule has 0 rings (SSSR count). The van der Waals surface area contributed by atoms with Gasteiger partial charge in [0.1, 0.15) is 17.1 Å². The van der Waals surface area contributed by atoms with Crippen molar-refractivity contribution in [2.75, 3.05) is 39.6 Å². The Kier molecular flexibility index (Phi) is 16.3. The Balaban J connectivity index is 3.76. The third-order valence-corrected chi connectivity index (χ3v) is 6.37. The van der Waals surface area contributed by atoms with Crippen molar-refractivity contribution < 1.29 is 24.3 Å². The number of ether oxygens (including phenoxy) is 2. The summed E-state index contributed by atoms with van der Waals surface area (Å²) in [4.78, 5) is 23.1. The number of esters is 2. The highest BCUT2D eigenvalue weighted by atomic mass is 127. The summed E-state index contributed by atoms with van der Waals surface area (Å²) >= 11 is 8.51. The minimum Gasteiger partial charge on any atom is -0.464 e. The van der Waals surface area contributed by atoms with E-state index in [0.29, 0.717) is 8.86 Å². The van der Waals surface area contributed by atoms with E-state index in [4.69, 9.17) is 9.47 Å². The second-order valence-electron chi connectivity index (χ2n) is 4.21. The van der Waals surface area contributed by atoms with Crippen molar-refractivity contribution in [2.24, 2.45) is 5.92 Å². The molecule has 0 aromatic carbocycles. The summed E-state index contributed by atoms with van der Waals surface area (Å²) in [5.41, 5.74) is 0. The van der Waals surface area contributed by atoms with Crippen LogP contribution in [-0.2, 0) is 24.3 Å². The fraction of sp³-hybridized carbons (Fsp3) is 0.833. The third-order valence-electron chi connectivity index (χ3n) is 2.49. The van der Waals surface area contributed by atoms with Crippen LogP contribution in [0.2, 0.25) is 0 Å². The highest BCUT2D eigenvalue weighted by Gasteiger charge is 2.18. The van der Waals surface area contributed by atoms with Crippen molar-refractivity contribution in [3.8, 4) is 0 Å². The van der Waals surface area contributed by atoms with Gasteiger partial charge in [-0.15, -0.1) is 10.3 Å². The molecule has 1 unspecified atom stereocenters. The first-order valence-electron chi connectivity index (χ1n) is 6.53. The van der Waals surface area contributed by atoms with Gasteiger partial charge in [0.25, 0.3) is 0 Å². The van der Waals surface area contributed by atoms with Crippen LogP contribution in [0.5, 0.6) is 0 Å². The maximum Gasteiger partial charge on any atom is 0.318 e. The first-order chi connectivity index (χ1) is 10.5. The van der Waals surface area contributed by atoms with Crippen LogP contribution in [0.25, 0.3) is 0 Å². The molecule has 0 bridgehead atoms. The first kappa shape index (κ1) is 23.8. The van der Waals surface area contributed by atoms with Crippen molar-refractivity contribution in [1.29, 1.82) is 0 Å². The minimum atomic E-state index is -0.288. The van der Waals surface area contributed by atoms with E-state index in [1.165, 1.54) is 0 Å². The molecule has 0 N–H and O–H groups in total. The maximum absolute atomic E-state index is 11.6. The molecule has 0 fully saturated rings. The number of alkyl halides is 4. The highest BCUT2D eigenvalue weighted by Crippen LogP contribution is 2.10. The number of carbonyl (C=O) groups excluding carboxylic acids is 2. The lowest BCUT2D eigenvalue weighted by molar-refractivity contribution is -0.179. The number of rotatable bonds is 12. The number of carbonyl (C=O) groups is 2. The number of nitrogens with zero attached hydrogens (tertiary/aromatic N) is 1. The van der Waals surface area contributed by atoms with Gasteiger partial charge in [-0.1, -0.05) is 90.4 Å². The van der Waals surface area contributed by atoms with E-state index in [9.17, 15) is 14.8 Å². The molecule has 0 saturated carbocycles.